The van der Waals surface area contributed by atoms with Crippen LogP contribution in [0.4, 0.5) is 17.1 Å². The molecule has 4 nitrogen and oxygen atoms in total. The molecule has 0 saturated heterocycles. The van der Waals surface area contributed by atoms with Gasteiger partial charge in [0, 0.05) is 26.3 Å². The maximum Gasteiger partial charge on any atom is 0.101 e. The van der Waals surface area contributed by atoms with Gasteiger partial charge in [-0.25, -0.2) is 0 Å². The molecule has 0 aliphatic carbocycles. The highest BCUT2D eigenvalue weighted by Crippen LogP contribution is 2.40. The average molecular weight is 346 g/mol. The SMILES string of the molecule is CCN(C)c1c(C#N)ccc(C#N)c1N(C)c1cc(C)c(C)c(C)c1C. The summed E-state index contributed by atoms with van der Waals surface area (Å²) in [6.45, 7) is 11.3. The molecule has 134 valence electrons. The average Bonchev–Trinajstić information content (AvgIpc) is 2.66. The maximum absolute atomic E-state index is 9.70. The lowest BCUT2D eigenvalue weighted by Crippen LogP contribution is -2.23. The zero-order valence-corrected chi connectivity index (χ0v) is 16.7. The third kappa shape index (κ3) is 3.11. The molecular formula is C22H26N4. The Bertz CT molecular complexity index is 929. The summed E-state index contributed by atoms with van der Waals surface area (Å²) in [5, 5.41) is 19.3. The second kappa shape index (κ2) is 7.50. The van der Waals surface area contributed by atoms with Gasteiger partial charge in [0.1, 0.15) is 12.1 Å². The van der Waals surface area contributed by atoms with Gasteiger partial charge >= 0.3 is 0 Å². The number of aryl methyl sites for hydroxylation is 1. The molecule has 4 heteroatoms. The number of hydrogen-bond acceptors (Lipinski definition) is 4. The maximum atomic E-state index is 9.70. The van der Waals surface area contributed by atoms with Crippen LogP contribution < -0.4 is 9.80 Å². The fraction of sp³-hybridized carbons (Fsp3) is 0.364. The Morgan fingerprint density at radius 1 is 0.846 bits per heavy atom. The van der Waals surface area contributed by atoms with Crippen LogP contribution in [0, 0.1) is 50.4 Å². The second-order valence-electron chi connectivity index (χ2n) is 6.74. The van der Waals surface area contributed by atoms with E-state index in [1.807, 2.05) is 25.9 Å². The zero-order chi connectivity index (χ0) is 19.6. The molecule has 0 heterocycles. The lowest BCUT2D eigenvalue weighted by atomic mass is 9.96. The van der Waals surface area contributed by atoms with Gasteiger partial charge in [0.05, 0.1) is 22.5 Å². The van der Waals surface area contributed by atoms with E-state index in [9.17, 15) is 10.5 Å². The predicted octanol–water partition coefficient (Wildman–Crippen LogP) is 4.89. The van der Waals surface area contributed by atoms with E-state index >= 15 is 0 Å². The number of anilines is 3. The number of nitrogens with zero attached hydrogens (tertiary/aromatic N) is 4. The van der Waals surface area contributed by atoms with Crippen LogP contribution in [0.15, 0.2) is 18.2 Å². The predicted molar refractivity (Wildman–Crippen MR) is 108 cm³/mol. The Morgan fingerprint density at radius 2 is 1.38 bits per heavy atom. The topological polar surface area (TPSA) is 54.1 Å². The first-order chi connectivity index (χ1) is 12.3. The molecule has 0 radical (unpaired) electrons. The van der Waals surface area contributed by atoms with E-state index in [2.05, 4.69) is 50.8 Å². The number of nitriles is 2. The normalized spacial score (nSPS) is 10.2. The second-order valence-corrected chi connectivity index (χ2v) is 6.74. The van der Waals surface area contributed by atoms with E-state index in [4.69, 9.17) is 0 Å². The Balaban J connectivity index is 2.84. The highest BCUT2D eigenvalue weighted by molar-refractivity contribution is 5.87. The van der Waals surface area contributed by atoms with E-state index in [0.29, 0.717) is 11.1 Å². The van der Waals surface area contributed by atoms with Gasteiger partial charge in [-0.2, -0.15) is 10.5 Å². The molecule has 0 unspecified atom stereocenters. The number of hydrogen-bond donors (Lipinski definition) is 0. The molecule has 0 aliphatic heterocycles. The van der Waals surface area contributed by atoms with Crippen LogP contribution in [-0.2, 0) is 0 Å². The van der Waals surface area contributed by atoms with Gasteiger partial charge in [-0.05, 0) is 75.1 Å². The van der Waals surface area contributed by atoms with Crippen molar-refractivity contribution in [3.8, 4) is 12.1 Å². The van der Waals surface area contributed by atoms with Crippen LogP contribution in [0.25, 0.3) is 0 Å². The minimum atomic E-state index is 0.567. The first-order valence-corrected chi connectivity index (χ1v) is 8.77. The molecule has 0 aromatic heterocycles. The van der Waals surface area contributed by atoms with Crippen molar-refractivity contribution in [2.75, 3.05) is 30.4 Å². The van der Waals surface area contributed by atoms with Gasteiger partial charge < -0.3 is 9.80 Å². The van der Waals surface area contributed by atoms with Crippen molar-refractivity contribution in [1.82, 2.24) is 0 Å². The Kier molecular flexibility index (Phi) is 5.58. The molecular weight excluding hydrogens is 320 g/mol. The van der Waals surface area contributed by atoms with E-state index < -0.39 is 0 Å². The lowest BCUT2D eigenvalue weighted by Gasteiger charge is -2.31. The fourth-order valence-corrected chi connectivity index (χ4v) is 3.30. The molecule has 2 rings (SSSR count). The first kappa shape index (κ1) is 19.3. The van der Waals surface area contributed by atoms with Crippen LogP contribution in [0.5, 0.6) is 0 Å². The summed E-state index contributed by atoms with van der Waals surface area (Å²) in [6.07, 6.45) is 0. The van der Waals surface area contributed by atoms with Crippen LogP contribution in [0.3, 0.4) is 0 Å². The van der Waals surface area contributed by atoms with E-state index in [1.54, 1.807) is 12.1 Å². The summed E-state index contributed by atoms with van der Waals surface area (Å²) < 4.78 is 0. The molecule has 0 fully saturated rings. The van der Waals surface area contributed by atoms with Crippen molar-refractivity contribution in [3.63, 3.8) is 0 Å². The molecule has 0 aliphatic rings. The molecule has 2 aromatic rings. The molecule has 26 heavy (non-hydrogen) atoms. The summed E-state index contributed by atoms with van der Waals surface area (Å²) >= 11 is 0. The van der Waals surface area contributed by atoms with Crippen molar-refractivity contribution in [2.24, 2.45) is 0 Å². The summed E-state index contributed by atoms with van der Waals surface area (Å²) in [5.74, 6) is 0. The van der Waals surface area contributed by atoms with Gasteiger partial charge in [-0.15, -0.1) is 0 Å². The van der Waals surface area contributed by atoms with Crippen molar-refractivity contribution >= 4 is 17.1 Å². The Labute approximate surface area is 156 Å². The van der Waals surface area contributed by atoms with Crippen molar-refractivity contribution in [2.45, 2.75) is 34.6 Å². The van der Waals surface area contributed by atoms with E-state index in [1.165, 1.54) is 22.3 Å². The highest BCUT2D eigenvalue weighted by atomic mass is 15.2. The fourth-order valence-electron chi connectivity index (χ4n) is 3.30. The first-order valence-electron chi connectivity index (χ1n) is 8.77. The third-order valence-corrected chi connectivity index (χ3v) is 5.40. The Hall–Kier alpha value is -2.98. The van der Waals surface area contributed by atoms with Crippen LogP contribution in [0.1, 0.15) is 40.3 Å². The molecule has 0 spiro atoms. The monoisotopic (exact) mass is 346 g/mol. The van der Waals surface area contributed by atoms with Crippen molar-refractivity contribution in [1.29, 1.82) is 10.5 Å². The summed E-state index contributed by atoms with van der Waals surface area (Å²) in [4.78, 5) is 4.07. The third-order valence-electron chi connectivity index (χ3n) is 5.40. The van der Waals surface area contributed by atoms with Crippen LogP contribution >= 0.6 is 0 Å². The molecule has 0 saturated carbocycles. The lowest BCUT2D eigenvalue weighted by molar-refractivity contribution is 0.958. The number of benzene rings is 2. The Morgan fingerprint density at radius 3 is 1.88 bits per heavy atom. The highest BCUT2D eigenvalue weighted by Gasteiger charge is 2.22. The molecule has 0 amide bonds. The van der Waals surface area contributed by atoms with Crippen LogP contribution in [0.2, 0.25) is 0 Å². The van der Waals surface area contributed by atoms with E-state index in [0.717, 1.165) is 23.6 Å². The molecule has 0 N–H and O–H groups in total. The van der Waals surface area contributed by atoms with Gasteiger partial charge in [-0.3, -0.25) is 0 Å². The quantitative estimate of drug-likeness (QED) is 0.791. The summed E-state index contributed by atoms with van der Waals surface area (Å²) in [5.41, 5.74) is 8.73. The molecule has 0 bridgehead atoms. The van der Waals surface area contributed by atoms with Gasteiger partial charge in [0.25, 0.3) is 0 Å². The largest absolute Gasteiger partial charge is 0.372 e. The van der Waals surface area contributed by atoms with Crippen molar-refractivity contribution in [3.05, 3.63) is 51.6 Å². The van der Waals surface area contributed by atoms with Gasteiger partial charge in [-0.1, -0.05) is 0 Å². The minimum Gasteiger partial charge on any atom is -0.372 e. The van der Waals surface area contributed by atoms with Crippen LogP contribution in [-0.4, -0.2) is 20.6 Å². The molecule has 2 aromatic carbocycles. The zero-order valence-electron chi connectivity index (χ0n) is 16.7. The van der Waals surface area contributed by atoms with Gasteiger partial charge in [0.2, 0.25) is 0 Å². The summed E-state index contributed by atoms with van der Waals surface area (Å²) in [6, 6.07) is 10.2. The van der Waals surface area contributed by atoms with Crippen molar-refractivity contribution < 1.29 is 0 Å². The van der Waals surface area contributed by atoms with Gasteiger partial charge in [0.15, 0.2) is 0 Å². The summed E-state index contributed by atoms with van der Waals surface area (Å²) in [7, 11) is 3.92. The minimum absolute atomic E-state index is 0.567. The molecule has 0 atom stereocenters. The number of rotatable bonds is 4. The van der Waals surface area contributed by atoms with E-state index in [-0.39, 0.29) is 0 Å². The smallest absolute Gasteiger partial charge is 0.101 e. The standard InChI is InChI=1S/C22H26N4/c1-8-25(6)21-18(12-23)9-10-19(13-24)22(21)26(7)20-11-14(2)15(3)16(4)17(20)5/h9-11H,8H2,1-7H3.